The lowest BCUT2D eigenvalue weighted by Gasteiger charge is -2.40. The van der Waals surface area contributed by atoms with Gasteiger partial charge >= 0.3 is 6.09 Å². The van der Waals surface area contributed by atoms with E-state index in [1.54, 1.807) is 61.2 Å². The first kappa shape index (κ1) is 24.9. The number of carbonyl (C=O) groups excluding carboxylic acids is 3. The highest BCUT2D eigenvalue weighted by molar-refractivity contribution is 6.06. The summed E-state index contributed by atoms with van der Waals surface area (Å²) in [5.74, 6) is 0.312. The second-order valence-corrected chi connectivity index (χ2v) is 9.11. The van der Waals surface area contributed by atoms with Crippen LogP contribution in [0.5, 0.6) is 0 Å². The third-order valence-electron chi connectivity index (χ3n) is 6.07. The van der Waals surface area contributed by atoms with Gasteiger partial charge in [-0.2, -0.15) is 0 Å². The highest BCUT2D eigenvalue weighted by Gasteiger charge is 2.34. The molecule has 0 unspecified atom stereocenters. The summed E-state index contributed by atoms with van der Waals surface area (Å²) in [5, 5.41) is 0. The van der Waals surface area contributed by atoms with E-state index < -0.39 is 6.09 Å². The van der Waals surface area contributed by atoms with Crippen LogP contribution in [0.4, 0.5) is 22.0 Å². The van der Waals surface area contributed by atoms with Gasteiger partial charge in [0.05, 0.1) is 23.5 Å². The lowest BCUT2D eigenvalue weighted by Crippen LogP contribution is -2.51. The molecule has 3 aromatic rings. The van der Waals surface area contributed by atoms with E-state index >= 15 is 0 Å². The molecule has 8 nitrogen and oxygen atoms in total. The van der Waals surface area contributed by atoms with Crippen LogP contribution in [-0.2, 0) is 9.53 Å². The van der Waals surface area contributed by atoms with Crippen LogP contribution in [0, 0.1) is 0 Å². The lowest BCUT2D eigenvalue weighted by molar-refractivity contribution is -0.117. The minimum atomic E-state index is -0.447. The third-order valence-corrected chi connectivity index (χ3v) is 6.07. The fraction of sp³-hybridized carbons (Fsp3) is 0.286. The van der Waals surface area contributed by atoms with Gasteiger partial charge in [-0.05, 0) is 68.3 Å². The predicted molar refractivity (Wildman–Crippen MR) is 140 cm³/mol. The first-order valence-corrected chi connectivity index (χ1v) is 11.9. The van der Waals surface area contributed by atoms with Gasteiger partial charge in [0.15, 0.2) is 0 Å². The minimum absolute atomic E-state index is 0.0896. The van der Waals surface area contributed by atoms with Gasteiger partial charge in [-0.25, -0.2) is 9.78 Å². The normalized spacial score (nSPS) is 14.9. The highest BCUT2D eigenvalue weighted by atomic mass is 16.6. The summed E-state index contributed by atoms with van der Waals surface area (Å²) in [4.78, 5) is 47.2. The molecule has 8 heteroatoms. The number of amides is 3. The van der Waals surface area contributed by atoms with Gasteiger partial charge in [-0.15, -0.1) is 0 Å². The van der Waals surface area contributed by atoms with Gasteiger partial charge in [0.2, 0.25) is 5.91 Å². The number of nitrogens with zero attached hydrogens (tertiary/aromatic N) is 4. The van der Waals surface area contributed by atoms with Crippen molar-refractivity contribution in [2.24, 2.45) is 0 Å². The fourth-order valence-electron chi connectivity index (χ4n) is 4.38. The van der Waals surface area contributed by atoms with Crippen LogP contribution >= 0.6 is 0 Å². The van der Waals surface area contributed by atoms with E-state index in [4.69, 9.17) is 4.74 Å². The average Bonchev–Trinajstić information content (AvgIpc) is 2.87. The molecule has 0 radical (unpaired) electrons. The molecule has 2 aromatic carbocycles. The molecule has 0 bridgehead atoms. The number of carbonyl (C=O) groups is 3. The molecule has 3 amide bonds. The summed E-state index contributed by atoms with van der Waals surface area (Å²) in [6, 6.07) is 18.1. The van der Waals surface area contributed by atoms with Gasteiger partial charge in [0.1, 0.15) is 5.82 Å². The maximum Gasteiger partial charge on any atom is 0.414 e. The summed E-state index contributed by atoms with van der Waals surface area (Å²) in [6.07, 6.45) is 0.934. The van der Waals surface area contributed by atoms with Gasteiger partial charge < -0.3 is 9.64 Å². The number of rotatable bonds is 4. The van der Waals surface area contributed by atoms with Crippen LogP contribution < -0.4 is 14.7 Å². The number of pyridine rings is 1. The average molecular weight is 487 g/mol. The number of ether oxygens (including phenoxy) is 1. The molecule has 0 aliphatic carbocycles. The molecule has 36 heavy (non-hydrogen) atoms. The monoisotopic (exact) mass is 486 g/mol. The molecular formula is C28H30N4O4. The molecule has 186 valence electrons. The van der Waals surface area contributed by atoms with Crippen molar-refractivity contribution in [2.75, 3.05) is 28.3 Å². The van der Waals surface area contributed by atoms with Crippen molar-refractivity contribution >= 4 is 35.1 Å². The smallest absolute Gasteiger partial charge is 0.414 e. The van der Waals surface area contributed by atoms with Crippen LogP contribution in [0.3, 0.4) is 0 Å². The van der Waals surface area contributed by atoms with Crippen molar-refractivity contribution in [1.29, 1.82) is 0 Å². The number of hydrogen-bond acceptors (Lipinski definition) is 5. The predicted octanol–water partition coefficient (Wildman–Crippen LogP) is 5.13. The Labute approximate surface area is 211 Å². The molecule has 1 atom stereocenters. The topological polar surface area (TPSA) is 83.1 Å². The molecule has 0 saturated carbocycles. The van der Waals surface area contributed by atoms with Crippen LogP contribution in [-0.4, -0.2) is 48.6 Å². The Bertz CT molecular complexity index is 1270. The SMILES string of the molecule is CC(=O)N1c2ccc(-c3ccc(C(=O)N(C)c4ccccn4)cc3)cc2N(C(=O)OC(C)C)C[C@@H]1C. The van der Waals surface area contributed by atoms with E-state index in [2.05, 4.69) is 4.98 Å². The number of benzene rings is 2. The summed E-state index contributed by atoms with van der Waals surface area (Å²) in [5.41, 5.74) is 3.53. The van der Waals surface area contributed by atoms with Gasteiger partial charge in [-0.1, -0.05) is 24.3 Å². The standard InChI is InChI=1S/C28H30N4O4/c1-18(2)36-28(35)31-17-19(3)32(20(4)33)24-14-13-23(16-25(24)31)21-9-11-22(12-10-21)27(34)30(5)26-8-6-7-15-29-26/h6-16,18-19H,17H2,1-5H3/t19-/m0/s1. The molecule has 1 aliphatic rings. The molecule has 4 rings (SSSR count). The number of fused-ring (bicyclic) bond motifs is 1. The number of hydrogen-bond donors (Lipinski definition) is 0. The maximum atomic E-state index is 12.9. The van der Waals surface area contributed by atoms with Crippen molar-refractivity contribution in [1.82, 2.24) is 4.98 Å². The number of aromatic nitrogens is 1. The minimum Gasteiger partial charge on any atom is -0.446 e. The Kier molecular flexibility index (Phi) is 7.05. The van der Waals surface area contributed by atoms with Crippen LogP contribution in [0.15, 0.2) is 66.9 Å². The van der Waals surface area contributed by atoms with Gasteiger partial charge in [-0.3, -0.25) is 19.4 Å². The Morgan fingerprint density at radius 1 is 1.00 bits per heavy atom. The Balaban J connectivity index is 1.66. The second kappa shape index (κ2) is 10.2. The zero-order valence-corrected chi connectivity index (χ0v) is 21.1. The van der Waals surface area contributed by atoms with Crippen LogP contribution in [0.1, 0.15) is 38.1 Å². The largest absolute Gasteiger partial charge is 0.446 e. The second-order valence-electron chi connectivity index (χ2n) is 9.11. The van der Waals surface area contributed by atoms with E-state index in [-0.39, 0.29) is 24.0 Å². The van der Waals surface area contributed by atoms with Gasteiger partial charge in [0, 0.05) is 32.3 Å². The molecule has 0 N–H and O–H groups in total. The maximum absolute atomic E-state index is 12.9. The molecule has 0 saturated heterocycles. The van der Waals surface area contributed by atoms with Crippen molar-refractivity contribution in [2.45, 2.75) is 39.8 Å². The molecule has 0 spiro atoms. The Morgan fingerprint density at radius 2 is 1.69 bits per heavy atom. The Hall–Kier alpha value is -4.20. The molecule has 2 heterocycles. The van der Waals surface area contributed by atoms with Crippen LogP contribution in [0.25, 0.3) is 11.1 Å². The van der Waals surface area contributed by atoms with Crippen molar-refractivity contribution < 1.29 is 19.1 Å². The van der Waals surface area contributed by atoms with Crippen molar-refractivity contribution in [3.63, 3.8) is 0 Å². The van der Waals surface area contributed by atoms with Crippen molar-refractivity contribution in [3.8, 4) is 11.1 Å². The van der Waals surface area contributed by atoms with E-state index in [0.29, 0.717) is 29.3 Å². The third kappa shape index (κ3) is 4.93. The summed E-state index contributed by atoms with van der Waals surface area (Å²) < 4.78 is 5.47. The van der Waals surface area contributed by atoms with Crippen molar-refractivity contribution in [3.05, 3.63) is 72.4 Å². The fourth-order valence-corrected chi connectivity index (χ4v) is 4.38. The molecular weight excluding hydrogens is 456 g/mol. The van der Waals surface area contributed by atoms with Crippen LogP contribution in [0.2, 0.25) is 0 Å². The van der Waals surface area contributed by atoms with E-state index in [1.165, 1.54) is 11.8 Å². The van der Waals surface area contributed by atoms with E-state index in [1.807, 2.05) is 43.3 Å². The zero-order valence-electron chi connectivity index (χ0n) is 21.1. The first-order valence-electron chi connectivity index (χ1n) is 11.9. The first-order chi connectivity index (χ1) is 17.2. The highest BCUT2D eigenvalue weighted by Crippen LogP contribution is 2.39. The molecule has 0 fully saturated rings. The lowest BCUT2D eigenvalue weighted by atomic mass is 9.99. The summed E-state index contributed by atoms with van der Waals surface area (Å²) in [6.45, 7) is 7.37. The summed E-state index contributed by atoms with van der Waals surface area (Å²) in [7, 11) is 1.69. The number of anilines is 3. The molecule has 1 aliphatic heterocycles. The molecule has 1 aromatic heterocycles. The Morgan fingerprint density at radius 3 is 2.31 bits per heavy atom. The van der Waals surface area contributed by atoms with E-state index in [0.717, 1.165) is 11.1 Å². The zero-order chi connectivity index (χ0) is 26.0. The quantitative estimate of drug-likeness (QED) is 0.510. The van der Waals surface area contributed by atoms with E-state index in [9.17, 15) is 14.4 Å². The summed E-state index contributed by atoms with van der Waals surface area (Å²) >= 11 is 0. The van der Waals surface area contributed by atoms with Gasteiger partial charge in [0.25, 0.3) is 5.91 Å².